The van der Waals surface area contributed by atoms with Crippen molar-refractivity contribution >= 4 is 23.8 Å². The van der Waals surface area contributed by atoms with Crippen molar-refractivity contribution in [3.05, 3.63) is 84.4 Å². The number of rotatable bonds is 12. The van der Waals surface area contributed by atoms with Gasteiger partial charge in [0, 0.05) is 6.54 Å². The topological polar surface area (TPSA) is 115 Å². The third-order valence-corrected chi connectivity index (χ3v) is 7.52. The normalized spacial score (nSPS) is 19.3. The molecule has 11 nitrogen and oxygen atoms in total. The Hall–Kier alpha value is -4.66. The zero-order valence-electron chi connectivity index (χ0n) is 24.4. The molecule has 2 aromatic carbocycles. The lowest BCUT2D eigenvalue weighted by Crippen LogP contribution is -2.76. The van der Waals surface area contributed by atoms with Crippen LogP contribution in [0.1, 0.15) is 30.5 Å². The first-order valence-corrected chi connectivity index (χ1v) is 14.3. The van der Waals surface area contributed by atoms with E-state index in [1.807, 2.05) is 67.6 Å². The summed E-state index contributed by atoms with van der Waals surface area (Å²) in [5.74, 6) is 1.57. The van der Waals surface area contributed by atoms with Gasteiger partial charge in [-0.1, -0.05) is 79.2 Å². The molecule has 0 aliphatic carbocycles. The molecule has 0 aromatic heterocycles. The Morgan fingerprint density at radius 2 is 1.84 bits per heavy atom. The molecule has 226 valence electrons. The lowest BCUT2D eigenvalue weighted by atomic mass is 9.99. The number of amides is 4. The van der Waals surface area contributed by atoms with E-state index in [1.54, 1.807) is 9.91 Å². The molecule has 2 aliphatic heterocycles. The first-order chi connectivity index (χ1) is 20.8. The van der Waals surface area contributed by atoms with Gasteiger partial charge in [0.05, 0.1) is 32.2 Å². The maximum atomic E-state index is 14.0. The summed E-state index contributed by atoms with van der Waals surface area (Å²) in [5, 5.41) is 8.99. The SMILES string of the molecule is C#CCN1CC(=O)N2[C@@H](CCNCC(=O)OCC=C)C(=O)N([C@@H](C)c3ccccc3)C[C@@H]2N1C(=O)NCc1ccccc1. The van der Waals surface area contributed by atoms with Crippen LogP contribution in [-0.4, -0.2) is 95.2 Å². The summed E-state index contributed by atoms with van der Waals surface area (Å²) < 4.78 is 5.00. The average Bonchev–Trinajstić information content (AvgIpc) is 3.02. The van der Waals surface area contributed by atoms with Gasteiger partial charge in [0.25, 0.3) is 0 Å². The molecule has 2 heterocycles. The Balaban J connectivity index is 1.61. The molecule has 0 saturated carbocycles. The molecule has 0 radical (unpaired) electrons. The Morgan fingerprint density at radius 1 is 1.14 bits per heavy atom. The van der Waals surface area contributed by atoms with Crippen molar-refractivity contribution in [2.45, 2.75) is 38.1 Å². The van der Waals surface area contributed by atoms with E-state index in [9.17, 15) is 19.2 Å². The van der Waals surface area contributed by atoms with Gasteiger partial charge in [-0.05, 0) is 31.0 Å². The lowest BCUT2D eigenvalue weighted by Gasteiger charge is -2.55. The third kappa shape index (κ3) is 7.60. The summed E-state index contributed by atoms with van der Waals surface area (Å²) in [5.41, 5.74) is 1.84. The van der Waals surface area contributed by atoms with Crippen LogP contribution >= 0.6 is 0 Å². The lowest BCUT2D eigenvalue weighted by molar-refractivity contribution is -0.191. The summed E-state index contributed by atoms with van der Waals surface area (Å²) in [4.78, 5) is 56.6. The smallest absolute Gasteiger partial charge is 0.334 e. The number of urea groups is 1. The fraction of sp³-hybridized carbons (Fsp3) is 0.375. The van der Waals surface area contributed by atoms with Crippen LogP contribution in [0, 0.1) is 12.3 Å². The number of hydrogen-bond donors (Lipinski definition) is 2. The number of hydrazine groups is 1. The average molecular weight is 587 g/mol. The molecule has 4 amide bonds. The minimum absolute atomic E-state index is 0.0378. The number of carbonyl (C=O) groups excluding carboxylic acids is 4. The summed E-state index contributed by atoms with van der Waals surface area (Å²) >= 11 is 0. The number of carbonyl (C=O) groups is 4. The molecule has 43 heavy (non-hydrogen) atoms. The number of nitrogens with zero attached hydrogens (tertiary/aromatic N) is 4. The van der Waals surface area contributed by atoms with Crippen molar-refractivity contribution in [3.63, 3.8) is 0 Å². The zero-order valence-corrected chi connectivity index (χ0v) is 24.4. The van der Waals surface area contributed by atoms with Crippen molar-refractivity contribution in [1.82, 2.24) is 30.5 Å². The summed E-state index contributed by atoms with van der Waals surface area (Å²) in [6, 6.07) is 17.5. The molecule has 2 aromatic rings. The van der Waals surface area contributed by atoms with E-state index in [0.717, 1.165) is 11.1 Å². The molecule has 4 rings (SSSR count). The van der Waals surface area contributed by atoms with Crippen molar-refractivity contribution < 1.29 is 23.9 Å². The van der Waals surface area contributed by atoms with Crippen LogP contribution in [-0.2, 0) is 25.7 Å². The number of ether oxygens (including phenoxy) is 1. The second-order valence-electron chi connectivity index (χ2n) is 10.3. The Kier molecular flexibility index (Phi) is 10.9. The van der Waals surface area contributed by atoms with Gasteiger partial charge in [0.15, 0.2) is 0 Å². The highest BCUT2D eigenvalue weighted by molar-refractivity contribution is 5.91. The van der Waals surface area contributed by atoms with Gasteiger partial charge in [-0.2, -0.15) is 5.01 Å². The van der Waals surface area contributed by atoms with Gasteiger partial charge in [0.2, 0.25) is 11.8 Å². The van der Waals surface area contributed by atoms with Gasteiger partial charge in [0.1, 0.15) is 18.8 Å². The monoisotopic (exact) mass is 586 g/mol. The maximum absolute atomic E-state index is 14.0. The summed E-state index contributed by atoms with van der Waals surface area (Å²) in [7, 11) is 0. The molecular weight excluding hydrogens is 548 g/mol. The highest BCUT2D eigenvalue weighted by Gasteiger charge is 2.52. The molecule has 3 atom stereocenters. The van der Waals surface area contributed by atoms with Crippen LogP contribution < -0.4 is 10.6 Å². The van der Waals surface area contributed by atoms with Crippen molar-refractivity contribution in [1.29, 1.82) is 0 Å². The number of nitrogens with one attached hydrogen (secondary N) is 2. The quantitative estimate of drug-likeness (QED) is 0.169. The van der Waals surface area contributed by atoms with E-state index in [-0.39, 0.29) is 70.2 Å². The number of fused-ring (bicyclic) bond motifs is 1. The molecule has 0 spiro atoms. The highest BCUT2D eigenvalue weighted by atomic mass is 16.5. The molecule has 0 unspecified atom stereocenters. The predicted octanol–water partition coefficient (Wildman–Crippen LogP) is 1.90. The first kappa shape index (κ1) is 31.3. The number of hydrogen-bond acceptors (Lipinski definition) is 7. The van der Waals surface area contributed by atoms with E-state index in [4.69, 9.17) is 11.2 Å². The Bertz CT molecular complexity index is 1330. The summed E-state index contributed by atoms with van der Waals surface area (Å²) in [6.45, 7) is 6.02. The van der Waals surface area contributed by atoms with Crippen molar-refractivity contribution in [2.75, 3.05) is 39.3 Å². The Morgan fingerprint density at radius 3 is 2.51 bits per heavy atom. The predicted molar refractivity (Wildman–Crippen MR) is 161 cm³/mol. The molecule has 2 aliphatic rings. The Labute approximate surface area is 252 Å². The van der Waals surface area contributed by atoms with Gasteiger partial charge >= 0.3 is 12.0 Å². The van der Waals surface area contributed by atoms with Gasteiger partial charge in [-0.25, -0.2) is 9.80 Å². The van der Waals surface area contributed by atoms with Crippen LogP contribution in [0.2, 0.25) is 0 Å². The number of piperazine rings is 1. The van der Waals surface area contributed by atoms with E-state index in [2.05, 4.69) is 23.1 Å². The van der Waals surface area contributed by atoms with Gasteiger partial charge in [-0.3, -0.25) is 14.4 Å². The van der Waals surface area contributed by atoms with Crippen LogP contribution in [0.3, 0.4) is 0 Å². The molecule has 2 saturated heterocycles. The number of terminal acetylenes is 1. The van der Waals surface area contributed by atoms with E-state index >= 15 is 0 Å². The maximum Gasteiger partial charge on any atom is 0.334 e. The molecular formula is C32H38N6O5. The number of benzene rings is 2. The number of esters is 1. The third-order valence-electron chi connectivity index (χ3n) is 7.52. The van der Waals surface area contributed by atoms with Crippen molar-refractivity contribution in [2.24, 2.45) is 0 Å². The fourth-order valence-electron chi connectivity index (χ4n) is 5.42. The van der Waals surface area contributed by atoms with E-state index in [0.29, 0.717) is 0 Å². The minimum atomic E-state index is -0.869. The molecule has 2 fully saturated rings. The molecule has 0 bridgehead atoms. The standard InChI is InChI=1S/C32H38N6O5/c1-4-18-35-23-29(39)37-27(16-17-33-21-30(40)43-19-5-2)31(41)36(24(3)26-14-10-7-11-15-26)22-28(37)38(35)32(42)34-20-25-12-8-6-9-13-25/h1,5-15,24,27-28,33H,2,16-23H2,3H3,(H,34,42)/t24-,27-,28-/m0/s1. The largest absolute Gasteiger partial charge is 0.461 e. The minimum Gasteiger partial charge on any atom is -0.461 e. The fourth-order valence-corrected chi connectivity index (χ4v) is 5.42. The second kappa shape index (κ2) is 15.0. The van der Waals surface area contributed by atoms with Gasteiger partial charge in [-0.15, -0.1) is 6.42 Å². The van der Waals surface area contributed by atoms with Crippen LogP contribution in [0.15, 0.2) is 73.3 Å². The van der Waals surface area contributed by atoms with Crippen LogP contribution in [0.4, 0.5) is 4.79 Å². The highest BCUT2D eigenvalue weighted by Crippen LogP contribution is 2.32. The van der Waals surface area contributed by atoms with Crippen LogP contribution in [0.25, 0.3) is 0 Å². The zero-order chi connectivity index (χ0) is 30.8. The molecule has 2 N–H and O–H groups in total. The van der Waals surface area contributed by atoms with E-state index < -0.39 is 24.2 Å². The molecule has 11 heteroatoms. The van der Waals surface area contributed by atoms with Gasteiger partial charge < -0.3 is 25.2 Å². The second-order valence-corrected chi connectivity index (χ2v) is 10.3. The summed E-state index contributed by atoms with van der Waals surface area (Å²) in [6.07, 6.45) is 6.56. The van der Waals surface area contributed by atoms with Crippen LogP contribution in [0.5, 0.6) is 0 Å². The van der Waals surface area contributed by atoms with E-state index in [1.165, 1.54) is 16.0 Å². The van der Waals surface area contributed by atoms with Crippen molar-refractivity contribution in [3.8, 4) is 12.3 Å². The first-order valence-electron chi connectivity index (χ1n) is 14.3.